The Labute approximate surface area is 101 Å². The van der Waals surface area contributed by atoms with Gasteiger partial charge in [0.25, 0.3) is 0 Å². The molecule has 2 heterocycles. The Hall–Kier alpha value is -0.420. The van der Waals surface area contributed by atoms with Crippen LogP contribution in [0.1, 0.15) is 23.8 Å². The maximum Gasteiger partial charge on any atom is 0.147 e. The highest BCUT2D eigenvalue weighted by atomic mass is 32.1. The zero-order chi connectivity index (χ0) is 11.2. The van der Waals surface area contributed by atoms with E-state index in [4.69, 9.17) is 9.47 Å². The monoisotopic (exact) mass is 241 g/mol. The van der Waals surface area contributed by atoms with Crippen LogP contribution in [0.2, 0.25) is 0 Å². The maximum atomic E-state index is 5.47. The number of aryl methyl sites for hydroxylation is 1. The average Bonchev–Trinajstić information content (AvgIpc) is 2.78. The Bertz CT molecular complexity index is 308. The molecule has 1 aromatic heterocycles. The summed E-state index contributed by atoms with van der Waals surface area (Å²) < 4.78 is 10.6. The molecule has 1 unspecified atom stereocenters. The summed E-state index contributed by atoms with van der Waals surface area (Å²) in [6.45, 7) is 5.36. The molecule has 1 atom stereocenters. The molecule has 1 aliphatic heterocycles. The van der Waals surface area contributed by atoms with Crippen molar-refractivity contribution in [3.63, 3.8) is 0 Å². The summed E-state index contributed by atoms with van der Waals surface area (Å²) in [4.78, 5) is 1.45. The molecule has 1 saturated heterocycles. The van der Waals surface area contributed by atoms with Gasteiger partial charge in [0.1, 0.15) is 6.79 Å². The van der Waals surface area contributed by atoms with Gasteiger partial charge in [-0.2, -0.15) is 0 Å². The lowest BCUT2D eigenvalue weighted by Gasteiger charge is -2.22. The molecule has 0 aliphatic carbocycles. The van der Waals surface area contributed by atoms with Gasteiger partial charge in [0.15, 0.2) is 0 Å². The molecule has 4 heteroatoms. The van der Waals surface area contributed by atoms with Crippen LogP contribution < -0.4 is 5.32 Å². The summed E-state index contributed by atoms with van der Waals surface area (Å²) in [5, 5.41) is 5.63. The Morgan fingerprint density at radius 1 is 1.56 bits per heavy atom. The van der Waals surface area contributed by atoms with Crippen molar-refractivity contribution in [3.8, 4) is 0 Å². The van der Waals surface area contributed by atoms with E-state index in [0.717, 1.165) is 32.5 Å². The maximum absolute atomic E-state index is 5.47. The molecule has 0 saturated carbocycles. The number of thiophene rings is 1. The van der Waals surface area contributed by atoms with E-state index in [2.05, 4.69) is 23.7 Å². The van der Waals surface area contributed by atoms with Crippen LogP contribution in [0.25, 0.3) is 0 Å². The first-order valence-electron chi connectivity index (χ1n) is 5.85. The highest BCUT2D eigenvalue weighted by Crippen LogP contribution is 2.17. The summed E-state index contributed by atoms with van der Waals surface area (Å²) in [5.74, 6) is 0. The van der Waals surface area contributed by atoms with E-state index < -0.39 is 0 Å². The third kappa shape index (κ3) is 3.28. The normalized spacial score (nSPS) is 21.2. The highest BCUT2D eigenvalue weighted by molar-refractivity contribution is 7.10. The second kappa shape index (κ2) is 6.35. The van der Waals surface area contributed by atoms with Gasteiger partial charge in [0, 0.05) is 18.0 Å². The Morgan fingerprint density at radius 3 is 3.25 bits per heavy atom. The van der Waals surface area contributed by atoms with E-state index >= 15 is 0 Å². The summed E-state index contributed by atoms with van der Waals surface area (Å²) >= 11 is 1.83. The Kier molecular flexibility index (Phi) is 4.78. The zero-order valence-electron chi connectivity index (χ0n) is 9.70. The quantitative estimate of drug-likeness (QED) is 0.857. The van der Waals surface area contributed by atoms with E-state index in [1.165, 1.54) is 10.4 Å². The molecule has 1 N–H and O–H groups in total. The topological polar surface area (TPSA) is 30.5 Å². The molecule has 1 aliphatic rings. The molecule has 1 fully saturated rings. The molecule has 1 aromatic rings. The van der Waals surface area contributed by atoms with Crippen molar-refractivity contribution in [3.05, 3.63) is 21.9 Å². The summed E-state index contributed by atoms with van der Waals surface area (Å²) in [7, 11) is 0. The lowest BCUT2D eigenvalue weighted by Crippen LogP contribution is -2.33. The largest absolute Gasteiger partial charge is 0.355 e. The molecule has 90 valence electrons. The van der Waals surface area contributed by atoms with Gasteiger partial charge in [-0.1, -0.05) is 6.92 Å². The minimum absolute atomic E-state index is 0.318. The summed E-state index contributed by atoms with van der Waals surface area (Å²) in [5.41, 5.74) is 1.46. The van der Waals surface area contributed by atoms with Crippen LogP contribution in [0.5, 0.6) is 0 Å². The second-order valence-corrected chi connectivity index (χ2v) is 4.96. The van der Waals surface area contributed by atoms with Gasteiger partial charge in [-0.05, 0) is 29.9 Å². The van der Waals surface area contributed by atoms with Crippen LogP contribution in [0.4, 0.5) is 0 Å². The fourth-order valence-electron chi connectivity index (χ4n) is 1.85. The molecular formula is C12H19NO2S. The van der Waals surface area contributed by atoms with Gasteiger partial charge in [-0.15, -0.1) is 11.3 Å². The van der Waals surface area contributed by atoms with Gasteiger partial charge in [0.2, 0.25) is 0 Å². The van der Waals surface area contributed by atoms with Crippen molar-refractivity contribution >= 4 is 11.3 Å². The first-order chi connectivity index (χ1) is 7.90. The molecule has 0 amide bonds. The van der Waals surface area contributed by atoms with Crippen molar-refractivity contribution in [2.75, 3.05) is 19.9 Å². The smallest absolute Gasteiger partial charge is 0.147 e. The number of rotatable bonds is 5. The fourth-order valence-corrected chi connectivity index (χ4v) is 2.79. The first-order valence-corrected chi connectivity index (χ1v) is 6.73. The van der Waals surface area contributed by atoms with E-state index in [9.17, 15) is 0 Å². The lowest BCUT2D eigenvalue weighted by molar-refractivity contribution is -0.137. The van der Waals surface area contributed by atoms with E-state index in [-0.39, 0.29) is 0 Å². The molecular weight excluding hydrogens is 222 g/mol. The first kappa shape index (κ1) is 12.0. The molecule has 0 radical (unpaired) electrons. The predicted molar refractivity (Wildman–Crippen MR) is 65.7 cm³/mol. The summed E-state index contributed by atoms with van der Waals surface area (Å²) in [6.07, 6.45) is 2.44. The fraction of sp³-hybridized carbons (Fsp3) is 0.667. The number of nitrogens with one attached hydrogen (secondary N) is 1. The lowest BCUT2D eigenvalue weighted by atomic mass is 10.2. The molecule has 3 nitrogen and oxygen atoms in total. The van der Waals surface area contributed by atoms with Crippen LogP contribution in [-0.2, 0) is 22.4 Å². The van der Waals surface area contributed by atoms with Gasteiger partial charge in [-0.3, -0.25) is 0 Å². The van der Waals surface area contributed by atoms with Crippen LogP contribution in [-0.4, -0.2) is 26.0 Å². The minimum Gasteiger partial charge on any atom is -0.355 e. The second-order valence-electron chi connectivity index (χ2n) is 3.96. The van der Waals surface area contributed by atoms with E-state index in [1.54, 1.807) is 0 Å². The zero-order valence-corrected chi connectivity index (χ0v) is 10.5. The number of hydrogen-bond donors (Lipinski definition) is 1. The van der Waals surface area contributed by atoms with Gasteiger partial charge < -0.3 is 14.8 Å². The van der Waals surface area contributed by atoms with Gasteiger partial charge in [0.05, 0.1) is 12.7 Å². The molecule has 0 spiro atoms. The third-order valence-corrected chi connectivity index (χ3v) is 3.81. The number of ether oxygens (including phenoxy) is 2. The van der Waals surface area contributed by atoms with Crippen LogP contribution in [0, 0.1) is 0 Å². The molecule has 2 rings (SSSR count). The van der Waals surface area contributed by atoms with Crippen molar-refractivity contribution in [1.29, 1.82) is 0 Å². The van der Waals surface area contributed by atoms with Crippen molar-refractivity contribution in [1.82, 2.24) is 5.32 Å². The Morgan fingerprint density at radius 2 is 2.50 bits per heavy atom. The molecule has 16 heavy (non-hydrogen) atoms. The SMILES string of the molecule is CCc1ccsc1CNCC1CCOCO1. The van der Waals surface area contributed by atoms with Gasteiger partial charge in [-0.25, -0.2) is 0 Å². The van der Waals surface area contributed by atoms with Gasteiger partial charge >= 0.3 is 0 Å². The number of hydrogen-bond acceptors (Lipinski definition) is 4. The molecule has 0 aromatic carbocycles. The highest BCUT2D eigenvalue weighted by Gasteiger charge is 2.13. The summed E-state index contributed by atoms with van der Waals surface area (Å²) in [6, 6.07) is 2.21. The predicted octanol–water partition coefficient (Wildman–Crippen LogP) is 2.16. The average molecular weight is 241 g/mol. The molecule has 0 bridgehead atoms. The standard InChI is InChI=1S/C12H19NO2S/c1-2-10-4-6-16-12(10)8-13-7-11-3-5-14-9-15-11/h4,6,11,13H,2-3,5,7-9H2,1H3. The Balaban J connectivity index is 1.71. The van der Waals surface area contributed by atoms with E-state index in [1.807, 2.05) is 11.3 Å². The minimum atomic E-state index is 0.318. The van der Waals surface area contributed by atoms with Crippen molar-refractivity contribution in [2.45, 2.75) is 32.4 Å². The van der Waals surface area contributed by atoms with Crippen LogP contribution in [0.3, 0.4) is 0 Å². The van der Waals surface area contributed by atoms with Crippen molar-refractivity contribution in [2.24, 2.45) is 0 Å². The van der Waals surface area contributed by atoms with E-state index in [0.29, 0.717) is 12.9 Å². The van der Waals surface area contributed by atoms with Crippen molar-refractivity contribution < 1.29 is 9.47 Å². The third-order valence-electron chi connectivity index (χ3n) is 2.85. The van der Waals surface area contributed by atoms with Crippen LogP contribution >= 0.6 is 11.3 Å². The van der Waals surface area contributed by atoms with Crippen LogP contribution in [0.15, 0.2) is 11.4 Å².